The van der Waals surface area contributed by atoms with Gasteiger partial charge < -0.3 is 11.1 Å². The molecule has 1 saturated heterocycles. The van der Waals surface area contributed by atoms with E-state index < -0.39 is 0 Å². The van der Waals surface area contributed by atoms with E-state index in [2.05, 4.69) is 29.6 Å². The van der Waals surface area contributed by atoms with Crippen LogP contribution in [0.25, 0.3) is 6.08 Å². The molecule has 0 radical (unpaired) electrons. The van der Waals surface area contributed by atoms with E-state index in [1.54, 1.807) is 0 Å². The minimum absolute atomic E-state index is 0.320. The van der Waals surface area contributed by atoms with Gasteiger partial charge in [-0.05, 0) is 12.0 Å². The average Bonchev–Trinajstić information content (AvgIpc) is 2.63. The van der Waals surface area contributed by atoms with Crippen molar-refractivity contribution < 1.29 is 0 Å². The van der Waals surface area contributed by atoms with E-state index >= 15 is 0 Å². The van der Waals surface area contributed by atoms with Gasteiger partial charge in [-0.1, -0.05) is 42.5 Å². The Morgan fingerprint density at radius 2 is 2.07 bits per heavy atom. The Bertz CT molecular complexity index is 305. The van der Waals surface area contributed by atoms with Crippen LogP contribution in [-0.4, -0.2) is 18.6 Å². The number of hydrogen-bond acceptors (Lipinski definition) is 2. The Hall–Kier alpha value is -1.12. The summed E-state index contributed by atoms with van der Waals surface area (Å²) in [5.74, 6) is 0. The molecule has 1 aliphatic heterocycles. The first-order chi connectivity index (χ1) is 6.84. The molecule has 0 aromatic heterocycles. The van der Waals surface area contributed by atoms with Crippen molar-refractivity contribution in [3.63, 3.8) is 0 Å². The Balaban J connectivity index is 1.94. The van der Waals surface area contributed by atoms with Crippen LogP contribution in [0.15, 0.2) is 36.4 Å². The van der Waals surface area contributed by atoms with Gasteiger partial charge in [-0.3, -0.25) is 0 Å². The summed E-state index contributed by atoms with van der Waals surface area (Å²) in [6.07, 6.45) is 5.39. The largest absolute Gasteiger partial charge is 0.326 e. The van der Waals surface area contributed by atoms with Crippen LogP contribution in [0, 0.1) is 0 Å². The maximum Gasteiger partial charge on any atom is 0.0269 e. The Kier molecular flexibility index (Phi) is 2.96. The topological polar surface area (TPSA) is 38.0 Å². The van der Waals surface area contributed by atoms with Crippen LogP contribution in [0.4, 0.5) is 0 Å². The lowest BCUT2D eigenvalue weighted by Gasteiger charge is -2.02. The lowest BCUT2D eigenvalue weighted by atomic mass is 10.1. The fourth-order valence-electron chi connectivity index (χ4n) is 1.73. The van der Waals surface area contributed by atoms with Gasteiger partial charge in [-0.25, -0.2) is 0 Å². The monoisotopic (exact) mass is 188 g/mol. The summed E-state index contributed by atoms with van der Waals surface area (Å²) < 4.78 is 0. The zero-order valence-electron chi connectivity index (χ0n) is 8.19. The molecule has 0 saturated carbocycles. The first-order valence-corrected chi connectivity index (χ1v) is 5.07. The van der Waals surface area contributed by atoms with Gasteiger partial charge in [0, 0.05) is 18.6 Å². The summed E-state index contributed by atoms with van der Waals surface area (Å²) in [4.78, 5) is 0. The van der Waals surface area contributed by atoms with Crippen molar-refractivity contribution in [1.82, 2.24) is 5.32 Å². The van der Waals surface area contributed by atoms with Crippen LogP contribution in [0.5, 0.6) is 0 Å². The highest BCUT2D eigenvalue weighted by Crippen LogP contribution is 2.08. The summed E-state index contributed by atoms with van der Waals surface area (Å²) in [5, 5.41) is 3.36. The van der Waals surface area contributed by atoms with Gasteiger partial charge in [0.15, 0.2) is 0 Å². The summed E-state index contributed by atoms with van der Waals surface area (Å²) in [5.41, 5.74) is 7.04. The van der Waals surface area contributed by atoms with E-state index in [1.807, 2.05) is 18.2 Å². The fourth-order valence-corrected chi connectivity index (χ4v) is 1.73. The van der Waals surface area contributed by atoms with Crippen molar-refractivity contribution in [3.05, 3.63) is 42.0 Å². The fraction of sp³-hybridized carbons (Fsp3) is 0.333. The first kappa shape index (κ1) is 9.44. The highest BCUT2D eigenvalue weighted by molar-refractivity contribution is 5.49. The van der Waals surface area contributed by atoms with E-state index in [0.29, 0.717) is 12.1 Å². The van der Waals surface area contributed by atoms with Crippen LogP contribution >= 0.6 is 0 Å². The Morgan fingerprint density at radius 3 is 2.71 bits per heavy atom. The molecule has 0 bridgehead atoms. The number of hydrogen-bond donors (Lipinski definition) is 2. The second kappa shape index (κ2) is 4.40. The van der Waals surface area contributed by atoms with Gasteiger partial charge in [0.2, 0.25) is 0 Å². The lowest BCUT2D eigenvalue weighted by Crippen LogP contribution is -2.22. The molecule has 3 N–H and O–H groups in total. The summed E-state index contributed by atoms with van der Waals surface area (Å²) in [6, 6.07) is 11.1. The molecular formula is C12H16N2. The van der Waals surface area contributed by atoms with E-state index in [9.17, 15) is 0 Å². The maximum absolute atomic E-state index is 5.80. The molecule has 1 aliphatic rings. The summed E-state index contributed by atoms with van der Waals surface area (Å²) >= 11 is 0. The molecule has 0 amide bonds. The zero-order chi connectivity index (χ0) is 9.80. The first-order valence-electron chi connectivity index (χ1n) is 5.07. The summed E-state index contributed by atoms with van der Waals surface area (Å²) in [6.45, 7) is 0.934. The second-order valence-electron chi connectivity index (χ2n) is 3.78. The van der Waals surface area contributed by atoms with E-state index in [4.69, 9.17) is 5.73 Å². The van der Waals surface area contributed by atoms with Crippen molar-refractivity contribution in [3.8, 4) is 0 Å². The van der Waals surface area contributed by atoms with Crippen molar-refractivity contribution >= 4 is 6.08 Å². The van der Waals surface area contributed by atoms with E-state index in [1.165, 1.54) is 5.56 Å². The van der Waals surface area contributed by atoms with Crippen LogP contribution in [-0.2, 0) is 0 Å². The van der Waals surface area contributed by atoms with Crippen molar-refractivity contribution in [2.24, 2.45) is 5.73 Å². The zero-order valence-corrected chi connectivity index (χ0v) is 8.19. The number of nitrogens with two attached hydrogens (primary N) is 1. The molecule has 1 heterocycles. The van der Waals surface area contributed by atoms with E-state index in [0.717, 1.165) is 13.0 Å². The third kappa shape index (κ3) is 2.44. The van der Waals surface area contributed by atoms with Gasteiger partial charge in [0.05, 0.1) is 0 Å². The van der Waals surface area contributed by atoms with Gasteiger partial charge in [0.25, 0.3) is 0 Å². The number of nitrogens with one attached hydrogen (secondary N) is 1. The SMILES string of the molecule is NC1CNC(C=Cc2ccccc2)C1. The van der Waals surface area contributed by atoms with Crippen LogP contribution < -0.4 is 11.1 Å². The molecule has 0 spiro atoms. The molecule has 1 fully saturated rings. The molecule has 1 aromatic carbocycles. The third-order valence-electron chi connectivity index (χ3n) is 2.52. The molecule has 2 atom stereocenters. The molecule has 74 valence electrons. The maximum atomic E-state index is 5.80. The minimum Gasteiger partial charge on any atom is -0.326 e. The van der Waals surface area contributed by atoms with Crippen molar-refractivity contribution in [1.29, 1.82) is 0 Å². The highest BCUT2D eigenvalue weighted by atomic mass is 15.0. The molecule has 2 rings (SSSR count). The lowest BCUT2D eigenvalue weighted by molar-refractivity contribution is 0.718. The molecular weight excluding hydrogens is 172 g/mol. The Labute approximate surface area is 84.8 Å². The standard InChI is InChI=1S/C12H16N2/c13-11-8-12(14-9-11)7-6-10-4-2-1-3-5-10/h1-7,11-12,14H,8-9,13H2. The van der Waals surface area contributed by atoms with Gasteiger partial charge in [-0.2, -0.15) is 0 Å². The van der Waals surface area contributed by atoms with Gasteiger partial charge in [-0.15, -0.1) is 0 Å². The highest BCUT2D eigenvalue weighted by Gasteiger charge is 2.17. The average molecular weight is 188 g/mol. The van der Waals surface area contributed by atoms with Crippen molar-refractivity contribution in [2.45, 2.75) is 18.5 Å². The Morgan fingerprint density at radius 1 is 1.29 bits per heavy atom. The number of benzene rings is 1. The predicted molar refractivity (Wildman–Crippen MR) is 59.9 cm³/mol. The normalized spacial score (nSPS) is 27.2. The quantitative estimate of drug-likeness (QED) is 0.736. The molecule has 1 aromatic rings. The molecule has 2 heteroatoms. The second-order valence-corrected chi connectivity index (χ2v) is 3.78. The van der Waals surface area contributed by atoms with Crippen LogP contribution in [0.1, 0.15) is 12.0 Å². The molecule has 0 aliphatic carbocycles. The predicted octanol–water partition coefficient (Wildman–Crippen LogP) is 1.39. The summed E-state index contributed by atoms with van der Waals surface area (Å²) in [7, 11) is 0. The van der Waals surface area contributed by atoms with Gasteiger partial charge >= 0.3 is 0 Å². The van der Waals surface area contributed by atoms with E-state index in [-0.39, 0.29) is 0 Å². The molecule has 2 unspecified atom stereocenters. The molecule has 14 heavy (non-hydrogen) atoms. The van der Waals surface area contributed by atoms with Crippen LogP contribution in [0.3, 0.4) is 0 Å². The van der Waals surface area contributed by atoms with Gasteiger partial charge in [0.1, 0.15) is 0 Å². The van der Waals surface area contributed by atoms with Crippen LogP contribution in [0.2, 0.25) is 0 Å². The minimum atomic E-state index is 0.320. The number of rotatable bonds is 2. The smallest absolute Gasteiger partial charge is 0.0269 e. The third-order valence-corrected chi connectivity index (χ3v) is 2.52. The van der Waals surface area contributed by atoms with Crippen molar-refractivity contribution in [2.75, 3.05) is 6.54 Å². The molecule has 2 nitrogen and oxygen atoms in total.